The second kappa shape index (κ2) is 6.45. The Bertz CT molecular complexity index is 578. The number of para-hydroxylation sites is 1. The van der Waals surface area contributed by atoms with Gasteiger partial charge in [-0.1, -0.05) is 31.5 Å². The molecule has 0 spiro atoms. The van der Waals surface area contributed by atoms with E-state index in [1.54, 1.807) is 0 Å². The smallest absolute Gasteiger partial charge is 0.0483 e. The first kappa shape index (κ1) is 15.0. The number of benzene rings is 1. The molecule has 1 aliphatic carbocycles. The number of nitrogens with zero attached hydrogens (tertiary/aromatic N) is 1. The Morgan fingerprint density at radius 2 is 2.10 bits per heavy atom. The minimum atomic E-state index is 0.687. The molecule has 3 rings (SSSR count). The van der Waals surface area contributed by atoms with Gasteiger partial charge in [-0.05, 0) is 37.1 Å². The number of thioether (sulfide) groups is 1. The third-order valence-electron chi connectivity index (χ3n) is 4.87. The fraction of sp³-hybridized carbons (Fsp3) is 0.556. The average molecular weight is 302 g/mol. The van der Waals surface area contributed by atoms with Gasteiger partial charge in [0.15, 0.2) is 0 Å². The Morgan fingerprint density at radius 1 is 1.29 bits per heavy atom. The predicted octanol–water partition coefficient (Wildman–Crippen LogP) is 4.25. The SMILES string of the molecule is CCSC1CCCC1NCc1c(C)c2ccccc2n1C. The van der Waals surface area contributed by atoms with E-state index in [-0.39, 0.29) is 0 Å². The highest BCUT2D eigenvalue weighted by molar-refractivity contribution is 7.99. The van der Waals surface area contributed by atoms with Crippen molar-refractivity contribution in [1.29, 1.82) is 0 Å². The van der Waals surface area contributed by atoms with Crippen LogP contribution in [0.2, 0.25) is 0 Å². The summed E-state index contributed by atoms with van der Waals surface area (Å²) in [6, 6.07) is 9.41. The molecular weight excluding hydrogens is 276 g/mol. The van der Waals surface area contributed by atoms with Gasteiger partial charge in [0.1, 0.15) is 0 Å². The van der Waals surface area contributed by atoms with E-state index >= 15 is 0 Å². The summed E-state index contributed by atoms with van der Waals surface area (Å²) in [5, 5.41) is 6.04. The van der Waals surface area contributed by atoms with Crippen molar-refractivity contribution in [3.05, 3.63) is 35.5 Å². The number of nitrogens with one attached hydrogen (secondary N) is 1. The molecule has 0 saturated heterocycles. The molecular formula is C18H26N2S. The fourth-order valence-corrected chi connectivity index (χ4v) is 4.91. The number of rotatable bonds is 5. The minimum absolute atomic E-state index is 0.687. The normalized spacial score (nSPS) is 22.2. The van der Waals surface area contributed by atoms with Crippen LogP contribution in [0.1, 0.15) is 37.4 Å². The molecule has 2 atom stereocenters. The highest BCUT2D eigenvalue weighted by Crippen LogP contribution is 2.31. The quantitative estimate of drug-likeness (QED) is 0.889. The molecule has 0 aliphatic heterocycles. The van der Waals surface area contributed by atoms with Gasteiger partial charge in [0.2, 0.25) is 0 Å². The van der Waals surface area contributed by atoms with Gasteiger partial charge < -0.3 is 9.88 Å². The lowest BCUT2D eigenvalue weighted by atomic mass is 10.1. The van der Waals surface area contributed by atoms with Gasteiger partial charge in [-0.2, -0.15) is 11.8 Å². The molecule has 0 amide bonds. The number of fused-ring (bicyclic) bond motifs is 1. The average Bonchev–Trinajstić information content (AvgIpc) is 3.03. The topological polar surface area (TPSA) is 17.0 Å². The summed E-state index contributed by atoms with van der Waals surface area (Å²) in [7, 11) is 2.19. The Balaban J connectivity index is 1.76. The van der Waals surface area contributed by atoms with Crippen molar-refractivity contribution < 1.29 is 0 Å². The van der Waals surface area contributed by atoms with Crippen LogP contribution in [0.4, 0.5) is 0 Å². The first-order valence-corrected chi connectivity index (χ1v) is 9.15. The van der Waals surface area contributed by atoms with Crippen LogP contribution in [-0.4, -0.2) is 21.6 Å². The van der Waals surface area contributed by atoms with Crippen LogP contribution in [0.15, 0.2) is 24.3 Å². The summed E-state index contributed by atoms with van der Waals surface area (Å²) in [6.07, 6.45) is 4.09. The van der Waals surface area contributed by atoms with Crippen LogP contribution in [0.5, 0.6) is 0 Å². The van der Waals surface area contributed by atoms with E-state index < -0.39 is 0 Å². The van der Waals surface area contributed by atoms with Crippen molar-refractivity contribution >= 4 is 22.7 Å². The van der Waals surface area contributed by atoms with Crippen molar-refractivity contribution in [3.63, 3.8) is 0 Å². The zero-order valence-corrected chi connectivity index (χ0v) is 14.2. The Morgan fingerprint density at radius 3 is 2.86 bits per heavy atom. The maximum absolute atomic E-state index is 3.83. The van der Waals surface area contributed by atoms with Gasteiger partial charge in [-0.25, -0.2) is 0 Å². The summed E-state index contributed by atoms with van der Waals surface area (Å²) >= 11 is 2.13. The molecule has 1 N–H and O–H groups in total. The zero-order valence-electron chi connectivity index (χ0n) is 13.4. The maximum Gasteiger partial charge on any atom is 0.0483 e. The standard InChI is InChI=1S/C18H26N2S/c1-4-21-18-11-7-9-15(18)19-12-17-13(2)14-8-5-6-10-16(14)20(17)3/h5-6,8,10,15,18-19H,4,7,9,11-12H2,1-3H3. The van der Waals surface area contributed by atoms with Crippen molar-refractivity contribution in [1.82, 2.24) is 9.88 Å². The first-order valence-electron chi connectivity index (χ1n) is 8.10. The summed E-state index contributed by atoms with van der Waals surface area (Å²) in [4.78, 5) is 0. The molecule has 0 radical (unpaired) electrons. The van der Waals surface area contributed by atoms with Gasteiger partial charge in [-0.15, -0.1) is 0 Å². The van der Waals surface area contributed by atoms with Crippen LogP contribution in [0, 0.1) is 6.92 Å². The molecule has 0 bridgehead atoms. The first-order chi connectivity index (χ1) is 10.2. The van der Waals surface area contributed by atoms with E-state index in [9.17, 15) is 0 Å². The minimum Gasteiger partial charge on any atom is -0.346 e. The van der Waals surface area contributed by atoms with E-state index in [0.29, 0.717) is 6.04 Å². The van der Waals surface area contributed by atoms with Crippen molar-refractivity contribution in [2.75, 3.05) is 5.75 Å². The molecule has 1 heterocycles. The lowest BCUT2D eigenvalue weighted by Gasteiger charge is -2.20. The third kappa shape index (κ3) is 2.86. The number of hydrogen-bond donors (Lipinski definition) is 1. The maximum atomic E-state index is 3.83. The fourth-order valence-electron chi connectivity index (χ4n) is 3.69. The van der Waals surface area contributed by atoms with Crippen molar-refractivity contribution in [3.8, 4) is 0 Å². The molecule has 1 fully saturated rings. The Hall–Kier alpha value is -0.930. The monoisotopic (exact) mass is 302 g/mol. The second-order valence-corrected chi connectivity index (χ2v) is 7.58. The van der Waals surface area contributed by atoms with Gasteiger partial charge in [0.05, 0.1) is 0 Å². The summed E-state index contributed by atoms with van der Waals surface area (Å²) in [6.45, 7) is 5.52. The van der Waals surface area contributed by atoms with E-state index in [0.717, 1.165) is 11.8 Å². The van der Waals surface area contributed by atoms with Crippen molar-refractivity contribution in [2.45, 2.75) is 50.9 Å². The number of hydrogen-bond acceptors (Lipinski definition) is 2. The third-order valence-corrected chi connectivity index (χ3v) is 6.20. The summed E-state index contributed by atoms with van der Waals surface area (Å²) < 4.78 is 2.36. The van der Waals surface area contributed by atoms with Crippen LogP contribution < -0.4 is 5.32 Å². The van der Waals surface area contributed by atoms with E-state index in [1.807, 2.05) is 0 Å². The highest BCUT2D eigenvalue weighted by atomic mass is 32.2. The molecule has 3 heteroatoms. The van der Waals surface area contributed by atoms with Gasteiger partial charge in [-0.3, -0.25) is 0 Å². The molecule has 1 aromatic carbocycles. The lowest BCUT2D eigenvalue weighted by Crippen LogP contribution is -2.34. The number of aryl methyl sites for hydroxylation is 2. The number of aromatic nitrogens is 1. The molecule has 2 nitrogen and oxygen atoms in total. The second-order valence-electron chi connectivity index (χ2n) is 6.06. The largest absolute Gasteiger partial charge is 0.346 e. The van der Waals surface area contributed by atoms with Gasteiger partial charge in [0, 0.05) is 41.5 Å². The predicted molar refractivity (Wildman–Crippen MR) is 94.1 cm³/mol. The van der Waals surface area contributed by atoms with E-state index in [1.165, 1.54) is 47.2 Å². The van der Waals surface area contributed by atoms with Gasteiger partial charge >= 0.3 is 0 Å². The molecule has 2 unspecified atom stereocenters. The van der Waals surface area contributed by atoms with Crippen molar-refractivity contribution in [2.24, 2.45) is 7.05 Å². The van der Waals surface area contributed by atoms with Crippen LogP contribution in [0.25, 0.3) is 10.9 Å². The molecule has 21 heavy (non-hydrogen) atoms. The van der Waals surface area contributed by atoms with E-state index in [2.05, 4.69) is 66.8 Å². The zero-order chi connectivity index (χ0) is 14.8. The highest BCUT2D eigenvalue weighted by Gasteiger charge is 2.27. The van der Waals surface area contributed by atoms with E-state index in [4.69, 9.17) is 0 Å². The lowest BCUT2D eigenvalue weighted by molar-refractivity contribution is 0.520. The Labute approximate surface area is 132 Å². The molecule has 1 aliphatic rings. The summed E-state index contributed by atoms with van der Waals surface area (Å²) in [5.41, 5.74) is 4.21. The van der Waals surface area contributed by atoms with Crippen LogP contribution >= 0.6 is 11.8 Å². The van der Waals surface area contributed by atoms with Crippen LogP contribution in [-0.2, 0) is 13.6 Å². The van der Waals surface area contributed by atoms with Crippen LogP contribution in [0.3, 0.4) is 0 Å². The molecule has 2 aromatic rings. The Kier molecular flexibility index (Phi) is 4.60. The van der Waals surface area contributed by atoms with Gasteiger partial charge in [0.25, 0.3) is 0 Å². The summed E-state index contributed by atoms with van der Waals surface area (Å²) in [5.74, 6) is 1.23. The molecule has 114 valence electrons. The molecule has 1 saturated carbocycles. The molecule has 1 aromatic heterocycles.